The van der Waals surface area contributed by atoms with Crippen molar-refractivity contribution < 1.29 is 19.8 Å². The molecule has 0 bridgehead atoms. The third kappa shape index (κ3) is 14.9. The van der Waals surface area contributed by atoms with Crippen molar-refractivity contribution in [2.75, 3.05) is 20.6 Å². The molecule has 1 aliphatic rings. The summed E-state index contributed by atoms with van der Waals surface area (Å²) in [6.45, 7) is 0.990. The number of nitrogens with zero attached hydrogens (tertiary/aromatic N) is 2. The first-order valence-electron chi connectivity index (χ1n) is 8.14. The van der Waals surface area contributed by atoms with E-state index in [1.807, 2.05) is 20.2 Å². The zero-order chi connectivity index (χ0) is 17.5. The van der Waals surface area contributed by atoms with Gasteiger partial charge in [-0.25, -0.2) is 5.01 Å². The molecule has 0 unspecified atom stereocenters. The van der Waals surface area contributed by atoms with Gasteiger partial charge in [-0.15, -0.1) is 0 Å². The summed E-state index contributed by atoms with van der Waals surface area (Å²) in [5, 5.41) is 20.9. The molecule has 1 heterocycles. The van der Waals surface area contributed by atoms with Crippen LogP contribution in [0.3, 0.4) is 0 Å². The number of rotatable bonds is 10. The maximum atomic E-state index is 10.1. The summed E-state index contributed by atoms with van der Waals surface area (Å²) < 4.78 is 0. The average molecular weight is 326 g/mol. The van der Waals surface area contributed by atoms with Crippen molar-refractivity contribution in [3.05, 3.63) is 24.4 Å². The molecule has 1 aliphatic heterocycles. The van der Waals surface area contributed by atoms with Crippen molar-refractivity contribution in [3.8, 4) is 0 Å². The maximum absolute atomic E-state index is 10.1. The first-order chi connectivity index (χ1) is 10.9. The second kappa shape index (κ2) is 13.8. The molecule has 0 radical (unpaired) electrons. The van der Waals surface area contributed by atoms with Gasteiger partial charge in [0.05, 0.1) is 6.54 Å². The molecule has 0 saturated heterocycles. The van der Waals surface area contributed by atoms with E-state index in [2.05, 4.69) is 28.4 Å². The molecule has 0 atom stereocenters. The Morgan fingerprint density at radius 2 is 1.39 bits per heavy atom. The van der Waals surface area contributed by atoms with Crippen LogP contribution >= 0.6 is 0 Å². The summed E-state index contributed by atoms with van der Waals surface area (Å²) in [6, 6.07) is 0. The van der Waals surface area contributed by atoms with Gasteiger partial charge in [0.1, 0.15) is 0 Å². The van der Waals surface area contributed by atoms with Crippen molar-refractivity contribution in [2.24, 2.45) is 0 Å². The smallest absolute Gasteiger partial charge is 0.303 e. The minimum absolute atomic E-state index is 0.245. The molecule has 2 N–H and O–H groups in total. The van der Waals surface area contributed by atoms with E-state index in [-0.39, 0.29) is 12.8 Å². The fourth-order valence-corrected chi connectivity index (χ4v) is 2.01. The number of aliphatic carboxylic acids is 2. The van der Waals surface area contributed by atoms with Crippen LogP contribution in [0.25, 0.3) is 0 Å². The highest BCUT2D eigenvalue weighted by atomic mass is 16.4. The summed E-state index contributed by atoms with van der Waals surface area (Å²) in [5.41, 5.74) is 0. The van der Waals surface area contributed by atoms with Crippen LogP contribution in [0.4, 0.5) is 0 Å². The van der Waals surface area contributed by atoms with Gasteiger partial charge in [-0.1, -0.05) is 37.8 Å². The standard InChI is InChI=1S/C10H18O4.C7H12N2/c11-9(12)7-5-3-1-2-4-6-8-10(13)14;1-8(2)9-6-4-3-5-7-9/h1-8H2,(H,11,12)(H,13,14);3-6H,7H2,1-2H3. The lowest BCUT2D eigenvalue weighted by atomic mass is 10.1. The zero-order valence-corrected chi connectivity index (χ0v) is 14.3. The summed E-state index contributed by atoms with van der Waals surface area (Å²) in [4.78, 5) is 20.3. The quantitative estimate of drug-likeness (QED) is 0.600. The summed E-state index contributed by atoms with van der Waals surface area (Å²) in [6.07, 6.45) is 14.1. The van der Waals surface area contributed by atoms with Crippen LogP contribution in [-0.4, -0.2) is 52.8 Å². The van der Waals surface area contributed by atoms with Gasteiger partial charge in [0, 0.05) is 33.1 Å². The molecule has 23 heavy (non-hydrogen) atoms. The molecule has 6 nitrogen and oxygen atoms in total. The fourth-order valence-electron chi connectivity index (χ4n) is 2.01. The Hall–Kier alpha value is -1.82. The van der Waals surface area contributed by atoms with Crippen LogP contribution in [-0.2, 0) is 9.59 Å². The third-order valence-electron chi connectivity index (χ3n) is 3.34. The molecule has 0 amide bonds. The molecule has 0 aliphatic carbocycles. The molecule has 0 aromatic rings. The van der Waals surface area contributed by atoms with Gasteiger partial charge in [-0.2, -0.15) is 0 Å². The molecule has 1 rings (SSSR count). The molecule has 0 saturated carbocycles. The lowest BCUT2D eigenvalue weighted by molar-refractivity contribution is -0.138. The van der Waals surface area contributed by atoms with Gasteiger partial charge < -0.3 is 15.2 Å². The number of allylic oxidation sites excluding steroid dienone is 2. The van der Waals surface area contributed by atoms with Crippen LogP contribution < -0.4 is 0 Å². The largest absolute Gasteiger partial charge is 0.481 e. The van der Waals surface area contributed by atoms with E-state index in [0.29, 0.717) is 0 Å². The van der Waals surface area contributed by atoms with Crippen LogP contribution in [0, 0.1) is 0 Å². The Morgan fingerprint density at radius 1 is 0.913 bits per heavy atom. The molecule has 132 valence electrons. The van der Waals surface area contributed by atoms with Crippen molar-refractivity contribution in [3.63, 3.8) is 0 Å². The van der Waals surface area contributed by atoms with E-state index in [4.69, 9.17) is 10.2 Å². The van der Waals surface area contributed by atoms with E-state index in [1.165, 1.54) is 0 Å². The molecule has 0 fully saturated rings. The first kappa shape index (κ1) is 21.2. The number of unbranched alkanes of at least 4 members (excludes halogenated alkanes) is 5. The highest BCUT2D eigenvalue weighted by Crippen LogP contribution is 2.08. The molecule has 6 heteroatoms. The van der Waals surface area contributed by atoms with Crippen LogP contribution in [0.1, 0.15) is 51.4 Å². The molecule has 0 aromatic heterocycles. The summed E-state index contributed by atoms with van der Waals surface area (Å²) in [5.74, 6) is -1.48. The normalized spacial score (nSPS) is 12.9. The fraction of sp³-hybridized carbons (Fsp3) is 0.647. The SMILES string of the molecule is CN(C)N1C=CC=CC1.O=C(O)CCCCCCCCC(=O)O. The predicted molar refractivity (Wildman–Crippen MR) is 90.9 cm³/mol. The molecule has 0 spiro atoms. The average Bonchev–Trinajstić information content (AvgIpc) is 2.51. The first-order valence-corrected chi connectivity index (χ1v) is 8.14. The van der Waals surface area contributed by atoms with Gasteiger partial charge in [0.25, 0.3) is 0 Å². The number of hydrogen-bond acceptors (Lipinski definition) is 4. The Kier molecular flexibility index (Phi) is 12.7. The lowest BCUT2D eigenvalue weighted by Crippen LogP contribution is -2.32. The number of carboxylic acids is 2. The van der Waals surface area contributed by atoms with E-state index in [1.54, 1.807) is 0 Å². The number of hydrogen-bond donors (Lipinski definition) is 2. The minimum atomic E-state index is -0.740. The second-order valence-electron chi connectivity index (χ2n) is 5.65. The van der Waals surface area contributed by atoms with Crippen LogP contribution in [0.2, 0.25) is 0 Å². The topological polar surface area (TPSA) is 81.1 Å². The minimum Gasteiger partial charge on any atom is -0.481 e. The van der Waals surface area contributed by atoms with Gasteiger partial charge in [-0.3, -0.25) is 9.59 Å². The second-order valence-corrected chi connectivity index (χ2v) is 5.65. The van der Waals surface area contributed by atoms with Crippen molar-refractivity contribution in [1.82, 2.24) is 10.0 Å². The van der Waals surface area contributed by atoms with E-state index < -0.39 is 11.9 Å². The zero-order valence-electron chi connectivity index (χ0n) is 14.3. The van der Waals surface area contributed by atoms with Gasteiger partial charge >= 0.3 is 11.9 Å². The monoisotopic (exact) mass is 326 g/mol. The summed E-state index contributed by atoms with van der Waals surface area (Å²) in [7, 11) is 4.06. The Labute approximate surface area is 139 Å². The number of hydrazine groups is 1. The third-order valence-corrected chi connectivity index (χ3v) is 3.34. The Balaban J connectivity index is 0.000000459. The summed E-state index contributed by atoms with van der Waals surface area (Å²) >= 11 is 0. The Bertz CT molecular complexity index is 372. The van der Waals surface area contributed by atoms with Crippen molar-refractivity contribution >= 4 is 11.9 Å². The molecule has 0 aromatic carbocycles. The van der Waals surface area contributed by atoms with Crippen LogP contribution in [0.15, 0.2) is 24.4 Å². The number of carbonyl (C=O) groups is 2. The van der Waals surface area contributed by atoms with E-state index in [0.717, 1.165) is 45.1 Å². The van der Waals surface area contributed by atoms with Crippen molar-refractivity contribution in [1.29, 1.82) is 0 Å². The highest BCUT2D eigenvalue weighted by Gasteiger charge is 1.99. The van der Waals surface area contributed by atoms with E-state index in [9.17, 15) is 9.59 Å². The van der Waals surface area contributed by atoms with Gasteiger partial charge in [0.2, 0.25) is 0 Å². The Morgan fingerprint density at radius 3 is 1.70 bits per heavy atom. The van der Waals surface area contributed by atoms with E-state index >= 15 is 0 Å². The number of carboxylic acid groups (broad SMARTS) is 2. The predicted octanol–water partition coefficient (Wildman–Crippen LogP) is 3.12. The van der Waals surface area contributed by atoms with Crippen LogP contribution in [0.5, 0.6) is 0 Å². The van der Waals surface area contributed by atoms with Crippen molar-refractivity contribution in [2.45, 2.75) is 51.4 Å². The maximum Gasteiger partial charge on any atom is 0.303 e. The molecular weight excluding hydrogens is 296 g/mol. The highest BCUT2D eigenvalue weighted by molar-refractivity contribution is 5.66. The van der Waals surface area contributed by atoms with Gasteiger partial charge in [0.15, 0.2) is 0 Å². The lowest BCUT2D eigenvalue weighted by Gasteiger charge is -2.27. The molecular formula is C17H30N2O4. The van der Waals surface area contributed by atoms with Gasteiger partial charge in [-0.05, 0) is 18.9 Å².